The lowest BCUT2D eigenvalue weighted by Crippen LogP contribution is -2.35. The maximum absolute atomic E-state index is 12.5. The zero-order valence-electron chi connectivity index (χ0n) is 26.7. The first-order valence-corrected chi connectivity index (χ1v) is 16.3. The quantitative estimate of drug-likeness (QED) is 0.191. The molecule has 1 fully saturated rings. The van der Waals surface area contributed by atoms with Crippen molar-refractivity contribution in [2.75, 3.05) is 13.2 Å². The molecule has 3 aliphatic rings. The van der Waals surface area contributed by atoms with Crippen LogP contribution in [0.5, 0.6) is 0 Å². The number of amides is 1. The molecule has 0 bridgehead atoms. The molecule has 2 aliphatic carbocycles. The second-order valence-electron chi connectivity index (χ2n) is 13.2. The monoisotopic (exact) mass is 577 g/mol. The number of aliphatic hydroxyl groups excluding tert-OH is 1. The van der Waals surface area contributed by atoms with Gasteiger partial charge in [-0.15, -0.1) is 0 Å². The number of carboxylic acid groups (broad SMARTS) is 1. The van der Waals surface area contributed by atoms with Crippen LogP contribution in [0.4, 0.5) is 0 Å². The van der Waals surface area contributed by atoms with Crippen molar-refractivity contribution in [1.29, 1.82) is 0 Å². The number of aliphatic hydroxyl groups is 1. The second kappa shape index (κ2) is 18.1. The Morgan fingerprint density at radius 1 is 1.17 bits per heavy atom. The van der Waals surface area contributed by atoms with Crippen molar-refractivity contribution < 1.29 is 29.3 Å². The maximum Gasteiger partial charge on any atom is 0.309 e. The molecule has 1 aliphatic heterocycles. The largest absolute Gasteiger partial charge is 0.481 e. The standard InChI is InChI=1S/C28H47NO4.C6H12O2/c1-4-5-15-29-27(31)19-24(33-28-8-6-7-16-32-28)18-23(30)12-14-25-21(3)10-11-22-17-20(2)9-13-26(22)25;1-4-6(2,3)5(7)8/h10-11,17,20-21,23-26,28,30H,4-9,12-16,18-19H2,1-3H3,(H,29,31);4H2,1-3H3,(H,7,8)/t20-,21+,23-,24-,25+,26+,28?;/m1./s1. The van der Waals surface area contributed by atoms with Crippen LogP contribution in [0.1, 0.15) is 119 Å². The Hall–Kier alpha value is -1.70. The van der Waals surface area contributed by atoms with Gasteiger partial charge in [-0.05, 0) is 101 Å². The maximum atomic E-state index is 12.5. The van der Waals surface area contributed by atoms with E-state index in [-0.39, 0.29) is 24.7 Å². The first kappa shape index (κ1) is 35.5. The summed E-state index contributed by atoms with van der Waals surface area (Å²) in [5, 5.41) is 22.4. The summed E-state index contributed by atoms with van der Waals surface area (Å²) in [5.41, 5.74) is 0.964. The van der Waals surface area contributed by atoms with Crippen molar-refractivity contribution >= 4 is 11.9 Å². The Labute approximate surface area is 249 Å². The van der Waals surface area contributed by atoms with Crippen molar-refractivity contribution in [3.05, 3.63) is 23.8 Å². The van der Waals surface area contributed by atoms with Gasteiger partial charge in [0.1, 0.15) is 0 Å². The van der Waals surface area contributed by atoms with Gasteiger partial charge < -0.3 is 25.0 Å². The minimum absolute atomic E-state index is 0.00797. The zero-order valence-corrected chi connectivity index (χ0v) is 26.7. The van der Waals surface area contributed by atoms with Crippen LogP contribution in [0.15, 0.2) is 23.8 Å². The Bertz CT molecular complexity index is 846. The number of allylic oxidation sites excluding steroid dienone is 4. The highest BCUT2D eigenvalue weighted by molar-refractivity contribution is 5.76. The number of hydrogen-bond donors (Lipinski definition) is 3. The van der Waals surface area contributed by atoms with Crippen LogP contribution < -0.4 is 5.32 Å². The van der Waals surface area contributed by atoms with Crippen LogP contribution in [0.3, 0.4) is 0 Å². The Morgan fingerprint density at radius 3 is 2.54 bits per heavy atom. The molecule has 0 radical (unpaired) electrons. The van der Waals surface area contributed by atoms with E-state index in [0.717, 1.165) is 44.9 Å². The number of ether oxygens (including phenoxy) is 2. The molecule has 1 saturated heterocycles. The first-order chi connectivity index (χ1) is 19.5. The molecule has 1 heterocycles. The number of fused-ring (bicyclic) bond motifs is 1. The third kappa shape index (κ3) is 12.6. The average molecular weight is 578 g/mol. The van der Waals surface area contributed by atoms with Crippen LogP contribution in [-0.2, 0) is 19.1 Å². The van der Waals surface area contributed by atoms with Gasteiger partial charge in [0.2, 0.25) is 5.91 Å². The molecular weight excluding hydrogens is 518 g/mol. The van der Waals surface area contributed by atoms with E-state index in [9.17, 15) is 14.7 Å². The van der Waals surface area contributed by atoms with Crippen LogP contribution in [0, 0.1) is 29.1 Å². The van der Waals surface area contributed by atoms with Crippen LogP contribution >= 0.6 is 0 Å². The van der Waals surface area contributed by atoms with Crippen molar-refractivity contribution in [3.63, 3.8) is 0 Å². The predicted molar refractivity (Wildman–Crippen MR) is 164 cm³/mol. The highest BCUT2D eigenvalue weighted by atomic mass is 16.7. The Kier molecular flexibility index (Phi) is 15.6. The lowest BCUT2D eigenvalue weighted by Gasteiger charge is -2.39. The van der Waals surface area contributed by atoms with Crippen molar-refractivity contribution in [3.8, 4) is 0 Å². The molecule has 7 nitrogen and oxygen atoms in total. The van der Waals surface area contributed by atoms with E-state index in [0.29, 0.717) is 49.7 Å². The number of nitrogens with one attached hydrogen (secondary N) is 1. The van der Waals surface area contributed by atoms with Crippen molar-refractivity contribution in [2.45, 2.75) is 137 Å². The minimum Gasteiger partial charge on any atom is -0.481 e. The average Bonchev–Trinajstić information content (AvgIpc) is 2.93. The predicted octanol–water partition coefficient (Wildman–Crippen LogP) is 7.04. The molecular formula is C34H59NO6. The summed E-state index contributed by atoms with van der Waals surface area (Å²) in [6.07, 6.45) is 16.9. The van der Waals surface area contributed by atoms with E-state index in [1.165, 1.54) is 18.4 Å². The van der Waals surface area contributed by atoms with E-state index < -0.39 is 17.5 Å². The molecule has 3 N–H and O–H groups in total. The van der Waals surface area contributed by atoms with E-state index in [1.807, 2.05) is 6.92 Å². The minimum atomic E-state index is -0.722. The molecule has 41 heavy (non-hydrogen) atoms. The van der Waals surface area contributed by atoms with Gasteiger partial charge in [0.15, 0.2) is 6.29 Å². The van der Waals surface area contributed by atoms with Gasteiger partial charge in [0.05, 0.1) is 24.0 Å². The normalized spacial score (nSPS) is 27.5. The highest BCUT2D eigenvalue weighted by Gasteiger charge is 2.34. The zero-order chi connectivity index (χ0) is 30.4. The van der Waals surface area contributed by atoms with Crippen molar-refractivity contribution in [1.82, 2.24) is 5.32 Å². The number of hydrogen-bond acceptors (Lipinski definition) is 5. The number of rotatable bonds is 14. The fraction of sp³-hybridized carbons (Fsp3) is 0.824. The molecule has 0 aromatic carbocycles. The summed E-state index contributed by atoms with van der Waals surface area (Å²) in [6.45, 7) is 13.5. The summed E-state index contributed by atoms with van der Waals surface area (Å²) in [6, 6.07) is 0. The third-order valence-electron chi connectivity index (χ3n) is 9.20. The van der Waals surface area contributed by atoms with Crippen LogP contribution in [-0.4, -0.2) is 53.7 Å². The van der Waals surface area contributed by atoms with E-state index >= 15 is 0 Å². The SMILES string of the molecule is CCC(C)(C)C(=O)O.CCCCNC(=O)C[C@@H](C[C@H](O)CC[C@H]1[C@@H](C)C=CC2=C[C@H](C)CC[C@@H]21)OC1CCCCO1. The highest BCUT2D eigenvalue weighted by Crippen LogP contribution is 2.43. The molecule has 3 rings (SSSR count). The number of carboxylic acids is 1. The number of carbonyl (C=O) groups is 2. The summed E-state index contributed by atoms with van der Waals surface area (Å²) >= 11 is 0. The van der Waals surface area contributed by atoms with Gasteiger partial charge in [-0.3, -0.25) is 9.59 Å². The lowest BCUT2D eigenvalue weighted by molar-refractivity contribution is -0.194. The summed E-state index contributed by atoms with van der Waals surface area (Å²) < 4.78 is 11.9. The van der Waals surface area contributed by atoms with Gasteiger partial charge in [-0.2, -0.15) is 0 Å². The molecule has 7 atom stereocenters. The molecule has 1 amide bonds. The molecule has 7 heteroatoms. The fourth-order valence-electron chi connectivity index (χ4n) is 5.88. The van der Waals surface area contributed by atoms with Gasteiger partial charge in [0.25, 0.3) is 0 Å². The summed E-state index contributed by atoms with van der Waals surface area (Å²) in [5.74, 6) is 1.71. The number of aliphatic carboxylic acids is 1. The Balaban J connectivity index is 0.000000642. The third-order valence-corrected chi connectivity index (χ3v) is 9.20. The van der Waals surface area contributed by atoms with E-state index in [1.54, 1.807) is 13.8 Å². The van der Waals surface area contributed by atoms with E-state index in [2.05, 4.69) is 44.3 Å². The Morgan fingerprint density at radius 2 is 1.93 bits per heavy atom. The molecule has 0 aromatic heterocycles. The number of carbonyl (C=O) groups excluding carboxylic acids is 1. The lowest BCUT2D eigenvalue weighted by atomic mass is 9.66. The second-order valence-corrected chi connectivity index (χ2v) is 13.2. The van der Waals surface area contributed by atoms with Crippen LogP contribution in [0.25, 0.3) is 0 Å². The first-order valence-electron chi connectivity index (χ1n) is 16.3. The summed E-state index contributed by atoms with van der Waals surface area (Å²) in [7, 11) is 0. The molecule has 236 valence electrons. The smallest absolute Gasteiger partial charge is 0.309 e. The molecule has 0 spiro atoms. The topological polar surface area (TPSA) is 105 Å². The van der Waals surface area contributed by atoms with Gasteiger partial charge >= 0.3 is 5.97 Å². The van der Waals surface area contributed by atoms with E-state index in [4.69, 9.17) is 14.6 Å². The molecule has 0 saturated carbocycles. The number of unbranched alkanes of at least 4 members (excludes halogenated alkanes) is 1. The van der Waals surface area contributed by atoms with Gasteiger partial charge in [0, 0.05) is 19.6 Å². The molecule has 1 unspecified atom stereocenters. The fourth-order valence-corrected chi connectivity index (χ4v) is 5.88. The van der Waals surface area contributed by atoms with Crippen molar-refractivity contribution in [2.24, 2.45) is 29.1 Å². The van der Waals surface area contributed by atoms with Crippen LogP contribution in [0.2, 0.25) is 0 Å². The summed E-state index contributed by atoms with van der Waals surface area (Å²) in [4.78, 5) is 22.7. The van der Waals surface area contributed by atoms with Gasteiger partial charge in [-0.1, -0.05) is 52.3 Å². The van der Waals surface area contributed by atoms with Gasteiger partial charge in [-0.25, -0.2) is 0 Å². The molecule has 0 aromatic rings.